The van der Waals surface area contributed by atoms with Crippen LogP contribution in [0, 0.1) is 18.3 Å². The fraction of sp³-hybridized carbons (Fsp3) is 0.600. The molecule has 3 rings (SSSR count). The van der Waals surface area contributed by atoms with Gasteiger partial charge in [0.1, 0.15) is 0 Å². The van der Waals surface area contributed by atoms with E-state index in [9.17, 15) is 15.2 Å². The van der Waals surface area contributed by atoms with Gasteiger partial charge in [-0.1, -0.05) is 24.3 Å². The SMILES string of the molecule is Cc1ccccc1C1(C#N)CCC(N2CCCN(C(=O)O)CC2)CC1. The molecular formula is C20H27N3O2. The highest BCUT2D eigenvalue weighted by molar-refractivity contribution is 5.64. The fourth-order valence-electron chi connectivity index (χ4n) is 4.51. The zero-order valence-corrected chi connectivity index (χ0v) is 14.9. The number of nitriles is 1. The Morgan fingerprint density at radius 2 is 1.92 bits per heavy atom. The lowest BCUT2D eigenvalue weighted by Crippen LogP contribution is -2.44. The van der Waals surface area contributed by atoms with Crippen LogP contribution in [0.25, 0.3) is 0 Å². The van der Waals surface area contributed by atoms with Gasteiger partial charge in [-0.3, -0.25) is 4.90 Å². The molecule has 1 N–H and O–H groups in total. The Labute approximate surface area is 149 Å². The van der Waals surface area contributed by atoms with Gasteiger partial charge in [0.25, 0.3) is 0 Å². The van der Waals surface area contributed by atoms with Crippen LogP contribution in [0.2, 0.25) is 0 Å². The molecule has 0 atom stereocenters. The zero-order valence-electron chi connectivity index (χ0n) is 14.9. The van der Waals surface area contributed by atoms with Crippen molar-refractivity contribution in [3.05, 3.63) is 35.4 Å². The van der Waals surface area contributed by atoms with E-state index in [0.717, 1.165) is 45.2 Å². The van der Waals surface area contributed by atoms with Crippen molar-refractivity contribution in [1.82, 2.24) is 9.80 Å². The lowest BCUT2D eigenvalue weighted by molar-refractivity contribution is 0.130. The molecule has 5 heteroatoms. The van der Waals surface area contributed by atoms with Gasteiger partial charge in [-0.15, -0.1) is 0 Å². The number of carboxylic acid groups (broad SMARTS) is 1. The van der Waals surface area contributed by atoms with Gasteiger partial charge in [-0.25, -0.2) is 4.79 Å². The summed E-state index contributed by atoms with van der Waals surface area (Å²) in [7, 11) is 0. The summed E-state index contributed by atoms with van der Waals surface area (Å²) in [4.78, 5) is 15.1. The Balaban J connectivity index is 1.66. The summed E-state index contributed by atoms with van der Waals surface area (Å²) in [5.74, 6) is 0. The minimum Gasteiger partial charge on any atom is -0.465 e. The van der Waals surface area contributed by atoms with E-state index >= 15 is 0 Å². The van der Waals surface area contributed by atoms with Gasteiger partial charge in [0, 0.05) is 32.2 Å². The highest BCUT2D eigenvalue weighted by Crippen LogP contribution is 2.41. The summed E-state index contributed by atoms with van der Waals surface area (Å²) in [5, 5.41) is 19.1. The normalized spacial score (nSPS) is 28.2. The molecule has 1 amide bonds. The maximum Gasteiger partial charge on any atom is 0.407 e. The van der Waals surface area contributed by atoms with E-state index in [1.807, 2.05) is 12.1 Å². The van der Waals surface area contributed by atoms with Crippen LogP contribution in [-0.4, -0.2) is 53.2 Å². The van der Waals surface area contributed by atoms with Crippen molar-refractivity contribution in [2.75, 3.05) is 26.2 Å². The second-order valence-electron chi connectivity index (χ2n) is 7.40. The lowest BCUT2D eigenvalue weighted by atomic mass is 9.68. The molecule has 0 aromatic heterocycles. The first-order chi connectivity index (χ1) is 12.1. The summed E-state index contributed by atoms with van der Waals surface area (Å²) >= 11 is 0. The van der Waals surface area contributed by atoms with Crippen molar-refractivity contribution in [3.63, 3.8) is 0 Å². The molecule has 5 nitrogen and oxygen atoms in total. The third-order valence-corrected chi connectivity index (χ3v) is 6.00. The second kappa shape index (κ2) is 7.45. The predicted octanol–water partition coefficient (Wildman–Crippen LogP) is 3.38. The van der Waals surface area contributed by atoms with E-state index in [0.29, 0.717) is 19.1 Å². The summed E-state index contributed by atoms with van der Waals surface area (Å²) in [6.07, 6.45) is 3.87. The van der Waals surface area contributed by atoms with Crippen LogP contribution in [0.3, 0.4) is 0 Å². The zero-order chi connectivity index (χ0) is 17.9. The largest absolute Gasteiger partial charge is 0.465 e. The molecule has 2 fully saturated rings. The fourth-order valence-corrected chi connectivity index (χ4v) is 4.51. The molecule has 2 aliphatic rings. The summed E-state index contributed by atoms with van der Waals surface area (Å²) in [5.41, 5.74) is 2.03. The Morgan fingerprint density at radius 1 is 1.20 bits per heavy atom. The molecule has 134 valence electrons. The molecule has 1 saturated carbocycles. The minimum absolute atomic E-state index is 0.360. The highest BCUT2D eigenvalue weighted by atomic mass is 16.4. The molecule has 0 unspecified atom stereocenters. The van der Waals surface area contributed by atoms with E-state index in [1.54, 1.807) is 0 Å². The number of hydrogen-bond acceptors (Lipinski definition) is 3. The Bertz CT molecular complexity index is 659. The number of amides is 1. The third kappa shape index (κ3) is 3.64. The number of benzene rings is 1. The number of aryl methyl sites for hydroxylation is 1. The van der Waals surface area contributed by atoms with Crippen LogP contribution in [0.5, 0.6) is 0 Å². The maximum atomic E-state index is 11.2. The van der Waals surface area contributed by atoms with Crippen molar-refractivity contribution >= 4 is 6.09 Å². The van der Waals surface area contributed by atoms with Gasteiger partial charge < -0.3 is 10.0 Å². The summed E-state index contributed by atoms with van der Waals surface area (Å²) < 4.78 is 0. The molecular weight excluding hydrogens is 314 g/mol. The van der Waals surface area contributed by atoms with Gasteiger partial charge >= 0.3 is 6.09 Å². The molecule has 0 radical (unpaired) electrons. The quantitative estimate of drug-likeness (QED) is 0.895. The Kier molecular flexibility index (Phi) is 5.29. The second-order valence-corrected chi connectivity index (χ2v) is 7.40. The van der Waals surface area contributed by atoms with Crippen LogP contribution in [-0.2, 0) is 5.41 Å². The van der Waals surface area contributed by atoms with Gasteiger partial charge in [0.05, 0.1) is 11.5 Å². The van der Waals surface area contributed by atoms with Crippen LogP contribution in [0.15, 0.2) is 24.3 Å². The van der Waals surface area contributed by atoms with Crippen molar-refractivity contribution in [3.8, 4) is 6.07 Å². The van der Waals surface area contributed by atoms with Gasteiger partial charge in [-0.2, -0.15) is 5.26 Å². The molecule has 1 aromatic carbocycles. The molecule has 0 spiro atoms. The predicted molar refractivity (Wildman–Crippen MR) is 96.5 cm³/mol. The van der Waals surface area contributed by atoms with E-state index in [1.165, 1.54) is 16.0 Å². The van der Waals surface area contributed by atoms with Gasteiger partial charge in [-0.05, 0) is 50.2 Å². The van der Waals surface area contributed by atoms with Crippen LogP contribution in [0.4, 0.5) is 4.79 Å². The summed E-state index contributed by atoms with van der Waals surface area (Å²) in [6.45, 7) is 5.08. The lowest BCUT2D eigenvalue weighted by Gasteiger charge is -2.40. The standard InChI is InChI=1S/C20H27N3O2/c1-16-5-2-3-6-18(16)20(15-21)9-7-17(8-10-20)22-11-4-12-23(14-13-22)19(24)25/h2-3,5-6,17H,4,7-14H2,1H3,(H,24,25). The number of rotatable bonds is 2. The number of carbonyl (C=O) groups is 1. The smallest absolute Gasteiger partial charge is 0.407 e. The summed E-state index contributed by atoms with van der Waals surface area (Å²) in [6, 6.07) is 11.4. The van der Waals surface area contributed by atoms with Crippen molar-refractivity contribution in [2.24, 2.45) is 0 Å². The first-order valence-corrected chi connectivity index (χ1v) is 9.25. The monoisotopic (exact) mass is 341 g/mol. The van der Waals surface area contributed by atoms with Crippen molar-refractivity contribution in [2.45, 2.75) is 50.5 Å². The minimum atomic E-state index is -0.812. The number of hydrogen-bond donors (Lipinski definition) is 1. The average Bonchev–Trinajstić information content (AvgIpc) is 2.88. The molecule has 1 aliphatic heterocycles. The first-order valence-electron chi connectivity index (χ1n) is 9.25. The van der Waals surface area contributed by atoms with E-state index in [4.69, 9.17) is 0 Å². The Hall–Kier alpha value is -2.06. The maximum absolute atomic E-state index is 11.2. The van der Waals surface area contributed by atoms with E-state index in [2.05, 4.69) is 30.0 Å². The van der Waals surface area contributed by atoms with Gasteiger partial charge in [0.2, 0.25) is 0 Å². The average molecular weight is 341 g/mol. The van der Waals surface area contributed by atoms with Crippen molar-refractivity contribution in [1.29, 1.82) is 5.26 Å². The van der Waals surface area contributed by atoms with Gasteiger partial charge in [0.15, 0.2) is 0 Å². The van der Waals surface area contributed by atoms with E-state index < -0.39 is 6.09 Å². The van der Waals surface area contributed by atoms with E-state index in [-0.39, 0.29) is 5.41 Å². The Morgan fingerprint density at radius 3 is 2.56 bits per heavy atom. The molecule has 25 heavy (non-hydrogen) atoms. The first kappa shape index (κ1) is 17.8. The highest BCUT2D eigenvalue weighted by Gasteiger charge is 2.39. The van der Waals surface area contributed by atoms with Crippen LogP contribution >= 0.6 is 0 Å². The molecule has 1 aromatic rings. The molecule has 1 saturated heterocycles. The number of nitrogens with zero attached hydrogens (tertiary/aromatic N) is 3. The van der Waals surface area contributed by atoms with Crippen LogP contribution < -0.4 is 0 Å². The topological polar surface area (TPSA) is 67.6 Å². The van der Waals surface area contributed by atoms with Crippen LogP contribution in [0.1, 0.15) is 43.2 Å². The molecule has 1 aliphatic carbocycles. The molecule has 1 heterocycles. The molecule has 0 bridgehead atoms. The third-order valence-electron chi connectivity index (χ3n) is 6.00. The van der Waals surface area contributed by atoms with Crippen molar-refractivity contribution < 1.29 is 9.90 Å².